The van der Waals surface area contributed by atoms with Crippen molar-refractivity contribution in [1.82, 2.24) is 15.4 Å². The summed E-state index contributed by atoms with van der Waals surface area (Å²) in [5.41, 5.74) is 3.30. The molecule has 1 aliphatic heterocycles. The number of carbonyl (C=O) groups is 2. The Morgan fingerprint density at radius 2 is 2.07 bits per heavy atom. The first-order valence-electron chi connectivity index (χ1n) is 9.22. The van der Waals surface area contributed by atoms with Gasteiger partial charge in [-0.05, 0) is 49.8 Å². The molecule has 1 saturated heterocycles. The minimum absolute atomic E-state index is 0.0962. The number of hydrogen-bond donors (Lipinski definition) is 1. The zero-order valence-electron chi connectivity index (χ0n) is 14.9. The molecule has 27 heavy (non-hydrogen) atoms. The van der Waals surface area contributed by atoms with Gasteiger partial charge in [0.2, 0.25) is 11.7 Å². The minimum Gasteiger partial charge on any atom is -0.350 e. The maximum absolute atomic E-state index is 12.6. The molecule has 2 aromatic rings. The van der Waals surface area contributed by atoms with E-state index in [0.29, 0.717) is 25.1 Å². The summed E-state index contributed by atoms with van der Waals surface area (Å²) in [6, 6.07) is 8.70. The zero-order valence-corrected chi connectivity index (χ0v) is 14.9. The maximum Gasteiger partial charge on any atom is 0.290 e. The van der Waals surface area contributed by atoms with Gasteiger partial charge >= 0.3 is 0 Å². The number of nitriles is 1. The zero-order chi connectivity index (χ0) is 18.8. The van der Waals surface area contributed by atoms with Crippen LogP contribution in [0.3, 0.4) is 0 Å². The number of carbonyl (C=O) groups excluding carboxylic acids is 2. The molecule has 4 rings (SSSR count). The molecule has 7 heteroatoms. The first kappa shape index (κ1) is 17.3. The van der Waals surface area contributed by atoms with Crippen LogP contribution in [0.15, 0.2) is 28.8 Å². The van der Waals surface area contributed by atoms with E-state index < -0.39 is 6.04 Å². The van der Waals surface area contributed by atoms with E-state index in [2.05, 4.69) is 16.5 Å². The van der Waals surface area contributed by atoms with Crippen molar-refractivity contribution in [3.8, 4) is 6.07 Å². The predicted molar refractivity (Wildman–Crippen MR) is 95.6 cm³/mol. The van der Waals surface area contributed by atoms with E-state index in [-0.39, 0.29) is 17.6 Å². The number of nitrogens with one attached hydrogen (secondary N) is 1. The second kappa shape index (κ2) is 7.23. The summed E-state index contributed by atoms with van der Waals surface area (Å²) in [5.74, 6) is -0.201. The van der Waals surface area contributed by atoms with Crippen molar-refractivity contribution < 1.29 is 14.1 Å². The van der Waals surface area contributed by atoms with E-state index in [4.69, 9.17) is 9.78 Å². The topological polar surface area (TPSA) is 99.2 Å². The summed E-state index contributed by atoms with van der Waals surface area (Å²) in [6.07, 6.45) is 4.29. The first-order chi connectivity index (χ1) is 13.2. The first-order valence-corrected chi connectivity index (χ1v) is 9.22. The number of amides is 2. The van der Waals surface area contributed by atoms with Crippen LogP contribution in [0.1, 0.15) is 52.2 Å². The number of fused-ring (bicyclic) bond motifs is 1. The SMILES string of the molecule is N#Cc1ccc(CN2CCC(NC(=O)c3onc4c3CCCC4)C2=O)cc1. The van der Waals surface area contributed by atoms with Crippen molar-refractivity contribution >= 4 is 11.8 Å². The second-order valence-corrected chi connectivity index (χ2v) is 7.03. The molecule has 0 saturated carbocycles. The minimum atomic E-state index is -0.541. The van der Waals surface area contributed by atoms with Crippen LogP contribution in [0.5, 0.6) is 0 Å². The summed E-state index contributed by atoms with van der Waals surface area (Å²) >= 11 is 0. The van der Waals surface area contributed by atoms with Crippen molar-refractivity contribution in [2.24, 2.45) is 0 Å². The Morgan fingerprint density at radius 3 is 2.85 bits per heavy atom. The Labute approximate surface area is 156 Å². The van der Waals surface area contributed by atoms with Crippen LogP contribution in [0, 0.1) is 11.3 Å². The van der Waals surface area contributed by atoms with E-state index in [1.807, 2.05) is 12.1 Å². The van der Waals surface area contributed by atoms with Gasteiger partial charge < -0.3 is 14.7 Å². The smallest absolute Gasteiger partial charge is 0.290 e. The van der Waals surface area contributed by atoms with Gasteiger partial charge in [0.15, 0.2) is 0 Å². The fourth-order valence-corrected chi connectivity index (χ4v) is 3.73. The van der Waals surface area contributed by atoms with Crippen LogP contribution >= 0.6 is 0 Å². The summed E-state index contributed by atoms with van der Waals surface area (Å²) in [7, 11) is 0. The lowest BCUT2D eigenvalue weighted by Gasteiger charge is -2.17. The number of rotatable bonds is 4. The highest BCUT2D eigenvalue weighted by molar-refractivity contribution is 5.97. The molecule has 1 unspecified atom stereocenters. The van der Waals surface area contributed by atoms with Crippen molar-refractivity contribution in [3.63, 3.8) is 0 Å². The third-order valence-corrected chi connectivity index (χ3v) is 5.23. The van der Waals surface area contributed by atoms with Gasteiger partial charge in [0.1, 0.15) is 6.04 Å². The lowest BCUT2D eigenvalue weighted by Crippen LogP contribution is -2.41. The number of aryl methyl sites for hydroxylation is 1. The highest BCUT2D eigenvalue weighted by Crippen LogP contribution is 2.24. The lowest BCUT2D eigenvalue weighted by atomic mass is 9.96. The fourth-order valence-electron chi connectivity index (χ4n) is 3.73. The predicted octanol–water partition coefficient (Wildman–Crippen LogP) is 1.96. The number of nitrogens with zero attached hydrogens (tertiary/aromatic N) is 3. The summed E-state index contributed by atoms with van der Waals surface area (Å²) in [4.78, 5) is 26.9. The molecule has 138 valence electrons. The Hall–Kier alpha value is -3.14. The molecule has 1 atom stereocenters. The molecule has 1 aromatic carbocycles. The monoisotopic (exact) mass is 364 g/mol. The van der Waals surface area contributed by atoms with Gasteiger partial charge in [-0.15, -0.1) is 0 Å². The van der Waals surface area contributed by atoms with Gasteiger partial charge in [-0.2, -0.15) is 5.26 Å². The highest BCUT2D eigenvalue weighted by atomic mass is 16.5. The second-order valence-electron chi connectivity index (χ2n) is 7.03. The normalized spacial score (nSPS) is 18.9. The molecule has 1 fully saturated rings. The van der Waals surface area contributed by atoms with Gasteiger partial charge in [0, 0.05) is 18.7 Å². The van der Waals surface area contributed by atoms with E-state index in [1.54, 1.807) is 17.0 Å². The van der Waals surface area contributed by atoms with Crippen LogP contribution in [0.25, 0.3) is 0 Å². The third-order valence-electron chi connectivity index (χ3n) is 5.23. The van der Waals surface area contributed by atoms with Crippen molar-refractivity contribution in [2.75, 3.05) is 6.54 Å². The molecule has 0 radical (unpaired) electrons. The lowest BCUT2D eigenvalue weighted by molar-refractivity contribution is -0.129. The molecule has 1 N–H and O–H groups in total. The number of hydrogen-bond acceptors (Lipinski definition) is 5. The molecule has 7 nitrogen and oxygen atoms in total. The Bertz CT molecular complexity index is 910. The summed E-state index contributed by atoms with van der Waals surface area (Å²) in [5, 5.41) is 15.7. The van der Waals surface area contributed by atoms with Crippen LogP contribution in [-0.2, 0) is 24.2 Å². The molecule has 2 aliphatic rings. The van der Waals surface area contributed by atoms with Gasteiger partial charge in [-0.3, -0.25) is 9.59 Å². The highest BCUT2D eigenvalue weighted by Gasteiger charge is 2.34. The van der Waals surface area contributed by atoms with Crippen LogP contribution in [0.4, 0.5) is 0 Å². The fraction of sp³-hybridized carbons (Fsp3) is 0.400. The van der Waals surface area contributed by atoms with E-state index in [1.165, 1.54) is 0 Å². The summed E-state index contributed by atoms with van der Waals surface area (Å²) in [6.45, 7) is 1.05. The number of aromatic nitrogens is 1. The summed E-state index contributed by atoms with van der Waals surface area (Å²) < 4.78 is 5.26. The molecule has 1 aliphatic carbocycles. The van der Waals surface area contributed by atoms with Crippen molar-refractivity contribution in [1.29, 1.82) is 5.26 Å². The van der Waals surface area contributed by atoms with E-state index in [0.717, 1.165) is 42.5 Å². The van der Waals surface area contributed by atoms with Gasteiger partial charge in [0.05, 0.1) is 17.3 Å². The largest absolute Gasteiger partial charge is 0.350 e. The Morgan fingerprint density at radius 1 is 1.30 bits per heavy atom. The van der Waals surface area contributed by atoms with E-state index in [9.17, 15) is 9.59 Å². The quantitative estimate of drug-likeness (QED) is 0.894. The molecule has 2 amide bonds. The average molecular weight is 364 g/mol. The molecule has 0 bridgehead atoms. The van der Waals surface area contributed by atoms with Crippen LogP contribution in [0.2, 0.25) is 0 Å². The van der Waals surface area contributed by atoms with Gasteiger partial charge in [-0.1, -0.05) is 17.3 Å². The van der Waals surface area contributed by atoms with Gasteiger partial charge in [0.25, 0.3) is 5.91 Å². The van der Waals surface area contributed by atoms with Crippen LogP contribution < -0.4 is 5.32 Å². The Balaban J connectivity index is 1.39. The number of benzene rings is 1. The Kier molecular flexibility index (Phi) is 4.63. The van der Waals surface area contributed by atoms with Crippen LogP contribution in [-0.4, -0.2) is 34.5 Å². The third kappa shape index (κ3) is 3.43. The molecule has 2 heterocycles. The van der Waals surface area contributed by atoms with Crippen molar-refractivity contribution in [2.45, 2.75) is 44.7 Å². The molecular weight excluding hydrogens is 344 g/mol. The maximum atomic E-state index is 12.6. The molecule has 1 aromatic heterocycles. The standard InChI is InChI=1S/C20H20N4O3/c21-11-13-5-7-14(8-6-13)12-24-10-9-17(20(24)26)22-19(25)18-15-3-1-2-4-16(15)23-27-18/h5-8,17H,1-4,9-10,12H2,(H,22,25). The van der Waals surface area contributed by atoms with Crippen molar-refractivity contribution in [3.05, 3.63) is 52.4 Å². The van der Waals surface area contributed by atoms with E-state index >= 15 is 0 Å². The molecular formula is C20H20N4O3. The van der Waals surface area contributed by atoms with Gasteiger partial charge in [-0.25, -0.2) is 0 Å². The average Bonchev–Trinajstić information content (AvgIpc) is 3.27. The number of likely N-dealkylation sites (tertiary alicyclic amines) is 1. The molecule has 0 spiro atoms.